The van der Waals surface area contributed by atoms with Crippen molar-refractivity contribution in [2.24, 2.45) is 0 Å². The number of nitrogens with one attached hydrogen (secondary N) is 1. The summed E-state index contributed by atoms with van der Waals surface area (Å²) in [5.74, 6) is -0.744. The number of benzene rings is 1. The van der Waals surface area contributed by atoms with Crippen molar-refractivity contribution in [1.82, 2.24) is 9.38 Å². The van der Waals surface area contributed by atoms with Crippen molar-refractivity contribution in [2.45, 2.75) is 13.8 Å². The van der Waals surface area contributed by atoms with Gasteiger partial charge in [-0.3, -0.25) is 4.79 Å². The number of fused-ring (bicyclic) bond motifs is 1. The first kappa shape index (κ1) is 13.3. The lowest BCUT2D eigenvalue weighted by Crippen LogP contribution is -2.13. The van der Waals surface area contributed by atoms with Crippen molar-refractivity contribution < 1.29 is 9.18 Å². The zero-order valence-electron chi connectivity index (χ0n) is 11.7. The lowest BCUT2D eigenvalue weighted by atomic mass is 10.2. The predicted octanol–water partition coefficient (Wildman–Crippen LogP) is 3.34. The molecular formula is C16H14FN3O. The van der Waals surface area contributed by atoms with Crippen LogP contribution in [0.3, 0.4) is 0 Å². The highest BCUT2D eigenvalue weighted by Crippen LogP contribution is 2.17. The number of aryl methyl sites for hydroxylation is 2. The van der Waals surface area contributed by atoms with Gasteiger partial charge in [-0.05, 0) is 49.2 Å². The number of aromatic nitrogens is 2. The monoisotopic (exact) mass is 283 g/mol. The van der Waals surface area contributed by atoms with E-state index in [0.717, 1.165) is 11.1 Å². The Labute approximate surface area is 121 Å². The fraction of sp³-hybridized carbons (Fsp3) is 0.125. The van der Waals surface area contributed by atoms with Crippen LogP contribution in [-0.2, 0) is 0 Å². The summed E-state index contributed by atoms with van der Waals surface area (Å²) < 4.78 is 15.0. The molecule has 1 aromatic carbocycles. The molecule has 0 aliphatic rings. The quantitative estimate of drug-likeness (QED) is 0.784. The average molecular weight is 283 g/mol. The van der Waals surface area contributed by atoms with E-state index in [9.17, 15) is 9.18 Å². The van der Waals surface area contributed by atoms with Crippen LogP contribution in [0.25, 0.3) is 5.65 Å². The van der Waals surface area contributed by atoms with Crippen LogP contribution in [0.15, 0.2) is 42.7 Å². The molecule has 3 rings (SSSR count). The third kappa shape index (κ3) is 2.63. The number of carbonyl (C=O) groups excluding carboxylic acids is 1. The van der Waals surface area contributed by atoms with Gasteiger partial charge in [0.2, 0.25) is 0 Å². The average Bonchev–Trinajstić information content (AvgIpc) is 2.86. The van der Waals surface area contributed by atoms with Gasteiger partial charge in [0.05, 0.1) is 0 Å². The van der Waals surface area contributed by atoms with Crippen LogP contribution in [0.5, 0.6) is 0 Å². The van der Waals surface area contributed by atoms with E-state index in [-0.39, 0.29) is 11.7 Å². The molecule has 106 valence electrons. The molecule has 0 bridgehead atoms. The molecule has 0 saturated carbocycles. The first-order chi connectivity index (χ1) is 10.0. The lowest BCUT2D eigenvalue weighted by molar-refractivity contribution is 0.102. The SMILES string of the molecule is Cc1ccn2cc(C(=O)Nc3cc(F)ccc3C)nc2c1. The Morgan fingerprint density at radius 1 is 1.24 bits per heavy atom. The second-order valence-electron chi connectivity index (χ2n) is 5.01. The molecule has 1 amide bonds. The van der Waals surface area contributed by atoms with Gasteiger partial charge in [0.15, 0.2) is 0 Å². The number of carbonyl (C=O) groups is 1. The molecule has 1 N–H and O–H groups in total. The molecule has 0 radical (unpaired) electrons. The van der Waals surface area contributed by atoms with Gasteiger partial charge in [0, 0.05) is 18.1 Å². The molecule has 0 unspecified atom stereocenters. The summed E-state index contributed by atoms with van der Waals surface area (Å²) in [4.78, 5) is 16.5. The molecule has 5 heteroatoms. The molecule has 0 spiro atoms. The molecule has 0 aliphatic carbocycles. The van der Waals surface area contributed by atoms with Gasteiger partial charge in [-0.25, -0.2) is 9.37 Å². The van der Waals surface area contributed by atoms with Gasteiger partial charge in [-0.1, -0.05) is 6.07 Å². The van der Waals surface area contributed by atoms with Gasteiger partial charge in [-0.15, -0.1) is 0 Å². The summed E-state index contributed by atoms with van der Waals surface area (Å²) in [5, 5.41) is 2.69. The molecule has 0 aliphatic heterocycles. The highest BCUT2D eigenvalue weighted by atomic mass is 19.1. The summed E-state index contributed by atoms with van der Waals surface area (Å²) in [6.45, 7) is 3.77. The van der Waals surface area contributed by atoms with Crippen LogP contribution < -0.4 is 5.32 Å². The van der Waals surface area contributed by atoms with Gasteiger partial charge >= 0.3 is 0 Å². The Balaban J connectivity index is 1.91. The van der Waals surface area contributed by atoms with Crippen molar-refractivity contribution in [1.29, 1.82) is 0 Å². The molecule has 21 heavy (non-hydrogen) atoms. The Hall–Kier alpha value is -2.69. The number of anilines is 1. The Morgan fingerprint density at radius 3 is 2.86 bits per heavy atom. The molecule has 3 aromatic rings. The maximum absolute atomic E-state index is 13.2. The van der Waals surface area contributed by atoms with Crippen LogP contribution in [0.2, 0.25) is 0 Å². The van der Waals surface area contributed by atoms with Crippen molar-refractivity contribution >= 4 is 17.2 Å². The number of amides is 1. The second kappa shape index (κ2) is 5.01. The largest absolute Gasteiger partial charge is 0.320 e. The normalized spacial score (nSPS) is 10.8. The minimum absolute atomic E-state index is 0.296. The number of hydrogen-bond acceptors (Lipinski definition) is 2. The summed E-state index contributed by atoms with van der Waals surface area (Å²) in [5.41, 5.74) is 3.32. The topological polar surface area (TPSA) is 46.4 Å². The molecule has 2 aromatic heterocycles. The highest BCUT2D eigenvalue weighted by molar-refractivity contribution is 6.03. The molecule has 0 fully saturated rings. The Morgan fingerprint density at radius 2 is 2.05 bits per heavy atom. The van der Waals surface area contributed by atoms with Crippen LogP contribution >= 0.6 is 0 Å². The Bertz CT molecular complexity index is 839. The van der Waals surface area contributed by atoms with Crippen molar-refractivity contribution in [3.05, 3.63) is 65.4 Å². The van der Waals surface area contributed by atoms with Crippen LogP contribution in [0.1, 0.15) is 21.6 Å². The first-order valence-electron chi connectivity index (χ1n) is 6.56. The van der Waals surface area contributed by atoms with Gasteiger partial charge in [0.25, 0.3) is 5.91 Å². The van der Waals surface area contributed by atoms with Crippen molar-refractivity contribution in [2.75, 3.05) is 5.32 Å². The fourth-order valence-electron chi connectivity index (χ4n) is 2.11. The fourth-order valence-corrected chi connectivity index (χ4v) is 2.11. The van der Waals surface area contributed by atoms with Gasteiger partial charge < -0.3 is 9.72 Å². The number of rotatable bonds is 2. The molecule has 0 saturated heterocycles. The van der Waals surface area contributed by atoms with Gasteiger partial charge in [0.1, 0.15) is 17.2 Å². The minimum atomic E-state index is -0.387. The zero-order valence-corrected chi connectivity index (χ0v) is 11.7. The van der Waals surface area contributed by atoms with Crippen molar-refractivity contribution in [3.63, 3.8) is 0 Å². The number of pyridine rings is 1. The minimum Gasteiger partial charge on any atom is -0.320 e. The van der Waals surface area contributed by atoms with E-state index in [2.05, 4.69) is 10.3 Å². The van der Waals surface area contributed by atoms with Crippen molar-refractivity contribution in [3.8, 4) is 0 Å². The molecular weight excluding hydrogens is 269 g/mol. The van der Waals surface area contributed by atoms with Gasteiger partial charge in [-0.2, -0.15) is 0 Å². The number of halogens is 1. The number of imidazole rings is 1. The van der Waals surface area contributed by atoms with E-state index in [0.29, 0.717) is 17.0 Å². The van der Waals surface area contributed by atoms with Crippen LogP contribution in [0, 0.1) is 19.7 Å². The van der Waals surface area contributed by atoms with Crippen LogP contribution in [-0.4, -0.2) is 15.3 Å². The first-order valence-corrected chi connectivity index (χ1v) is 6.56. The highest BCUT2D eigenvalue weighted by Gasteiger charge is 2.12. The third-order valence-electron chi connectivity index (χ3n) is 3.30. The van der Waals surface area contributed by atoms with E-state index < -0.39 is 0 Å². The standard InChI is InChI=1S/C16H14FN3O/c1-10-5-6-20-9-14(18-15(20)7-10)16(21)19-13-8-12(17)4-3-11(13)2/h3-9H,1-2H3,(H,19,21). The van der Waals surface area contributed by atoms with E-state index in [1.165, 1.54) is 12.1 Å². The van der Waals surface area contributed by atoms with E-state index >= 15 is 0 Å². The van der Waals surface area contributed by atoms with E-state index in [1.807, 2.05) is 32.2 Å². The predicted molar refractivity (Wildman–Crippen MR) is 79.0 cm³/mol. The number of nitrogens with zero attached hydrogens (tertiary/aromatic N) is 2. The summed E-state index contributed by atoms with van der Waals surface area (Å²) in [6.07, 6.45) is 3.50. The maximum atomic E-state index is 13.2. The molecule has 4 nitrogen and oxygen atoms in total. The number of hydrogen-bond donors (Lipinski definition) is 1. The van der Waals surface area contributed by atoms with Crippen LogP contribution in [0.4, 0.5) is 10.1 Å². The third-order valence-corrected chi connectivity index (χ3v) is 3.30. The Kier molecular flexibility index (Phi) is 3.17. The smallest absolute Gasteiger partial charge is 0.275 e. The molecule has 0 atom stereocenters. The maximum Gasteiger partial charge on any atom is 0.275 e. The van der Waals surface area contributed by atoms with E-state index in [1.54, 1.807) is 16.7 Å². The van der Waals surface area contributed by atoms with E-state index in [4.69, 9.17) is 0 Å². The molecule has 2 heterocycles. The lowest BCUT2D eigenvalue weighted by Gasteiger charge is -2.06. The second-order valence-corrected chi connectivity index (χ2v) is 5.01. The summed E-state index contributed by atoms with van der Waals surface area (Å²) in [7, 11) is 0. The summed E-state index contributed by atoms with van der Waals surface area (Å²) in [6, 6.07) is 8.11. The zero-order chi connectivity index (χ0) is 15.0. The summed E-state index contributed by atoms with van der Waals surface area (Å²) >= 11 is 0.